The largest absolute Gasteiger partial charge is 0.367 e. The summed E-state index contributed by atoms with van der Waals surface area (Å²) in [5, 5.41) is 0.296. The molecule has 0 bridgehead atoms. The van der Waals surface area contributed by atoms with Crippen LogP contribution in [-0.2, 0) is 27.2 Å². The van der Waals surface area contributed by atoms with E-state index in [1.165, 1.54) is 18.2 Å². The van der Waals surface area contributed by atoms with Gasteiger partial charge in [-0.2, -0.15) is 0 Å². The van der Waals surface area contributed by atoms with Gasteiger partial charge >= 0.3 is 5.97 Å². The predicted octanol–water partition coefficient (Wildman–Crippen LogP) is 3.44. The maximum Gasteiger partial charge on any atom is 0.352 e. The summed E-state index contributed by atoms with van der Waals surface area (Å²) in [5.41, 5.74) is 2.46. The first kappa shape index (κ1) is 27.3. The number of ketones is 1. The van der Waals surface area contributed by atoms with E-state index in [0.29, 0.717) is 17.1 Å². The van der Waals surface area contributed by atoms with Crippen LogP contribution in [0.15, 0.2) is 42.5 Å². The van der Waals surface area contributed by atoms with Crippen LogP contribution < -0.4 is 4.90 Å². The highest BCUT2D eigenvalue weighted by molar-refractivity contribution is 6.31. The van der Waals surface area contributed by atoms with Crippen molar-refractivity contribution in [1.82, 2.24) is 0 Å². The van der Waals surface area contributed by atoms with Gasteiger partial charge in [-0.25, -0.2) is 4.79 Å². The van der Waals surface area contributed by atoms with Gasteiger partial charge in [0, 0.05) is 53.3 Å². The molecule has 0 aromatic heterocycles. The van der Waals surface area contributed by atoms with Crippen molar-refractivity contribution in [2.24, 2.45) is 5.92 Å². The van der Waals surface area contributed by atoms with Crippen LogP contribution in [0.4, 0.5) is 5.69 Å². The Bertz CT molecular complexity index is 1650. The molecule has 0 spiro atoms. The summed E-state index contributed by atoms with van der Waals surface area (Å²) in [6, 6.07) is 12.0. The number of esters is 1. The summed E-state index contributed by atoms with van der Waals surface area (Å²) in [6.07, 6.45) is 7.76. The SMILES string of the molecule is C#CC#CC#CC#CC#CC#COC(=O)c1ccc(Cl)c(CC(=O)C(C)C(=O)N2CCc3ccccc32)c1. The Morgan fingerprint density at radius 3 is 2.34 bits per heavy atom. The first-order valence-corrected chi connectivity index (χ1v) is 11.7. The van der Waals surface area contributed by atoms with Crippen molar-refractivity contribution in [3.63, 3.8) is 0 Å². The second-order valence-electron chi connectivity index (χ2n) is 7.80. The molecule has 0 aliphatic carbocycles. The van der Waals surface area contributed by atoms with Gasteiger partial charge in [0.25, 0.3) is 0 Å². The van der Waals surface area contributed by atoms with Crippen molar-refractivity contribution in [3.8, 4) is 71.7 Å². The van der Waals surface area contributed by atoms with Gasteiger partial charge < -0.3 is 9.64 Å². The Kier molecular flexibility index (Phi) is 9.84. The zero-order chi connectivity index (χ0) is 27.3. The smallest absolute Gasteiger partial charge is 0.352 e. The number of para-hydroxylation sites is 1. The van der Waals surface area contributed by atoms with E-state index < -0.39 is 11.9 Å². The van der Waals surface area contributed by atoms with Crippen LogP contribution in [0.3, 0.4) is 0 Å². The van der Waals surface area contributed by atoms with Gasteiger partial charge in [-0.1, -0.05) is 29.8 Å². The fourth-order valence-corrected chi connectivity index (χ4v) is 3.71. The molecule has 1 amide bonds. The number of anilines is 1. The van der Waals surface area contributed by atoms with Crippen LogP contribution in [0.2, 0.25) is 5.02 Å². The van der Waals surface area contributed by atoms with Gasteiger partial charge in [0.15, 0.2) is 0 Å². The summed E-state index contributed by atoms with van der Waals surface area (Å²) < 4.78 is 4.88. The fraction of sp³-hybridized carbons (Fsp3) is 0.156. The summed E-state index contributed by atoms with van der Waals surface area (Å²) in [7, 11) is 0. The first-order chi connectivity index (χ1) is 18.4. The van der Waals surface area contributed by atoms with Gasteiger partial charge in [0.05, 0.1) is 11.5 Å². The summed E-state index contributed by atoms with van der Waals surface area (Å²) in [4.78, 5) is 40.0. The number of carbonyl (C=O) groups is 3. The number of rotatable bonds is 5. The Morgan fingerprint density at radius 1 is 0.974 bits per heavy atom. The normalized spacial score (nSPS) is 10.9. The topological polar surface area (TPSA) is 63.7 Å². The zero-order valence-corrected chi connectivity index (χ0v) is 21.0. The van der Waals surface area contributed by atoms with Crippen LogP contribution in [0, 0.1) is 77.7 Å². The van der Waals surface area contributed by atoms with E-state index in [2.05, 4.69) is 65.3 Å². The molecule has 0 saturated heterocycles. The molecule has 0 N–H and O–H groups in total. The zero-order valence-electron chi connectivity index (χ0n) is 20.3. The number of amides is 1. The van der Waals surface area contributed by atoms with Gasteiger partial charge in [-0.05, 0) is 78.3 Å². The summed E-state index contributed by atoms with van der Waals surface area (Å²) in [5.74, 6) is 21.5. The second-order valence-corrected chi connectivity index (χ2v) is 8.21. The van der Waals surface area contributed by atoms with Crippen molar-refractivity contribution >= 4 is 34.9 Å². The highest BCUT2D eigenvalue weighted by Gasteiger charge is 2.31. The Morgan fingerprint density at radius 2 is 1.63 bits per heavy atom. The number of hydrogen-bond acceptors (Lipinski definition) is 4. The molecule has 1 aliphatic heterocycles. The van der Waals surface area contributed by atoms with E-state index >= 15 is 0 Å². The number of terminal acetylenes is 1. The Labute approximate surface area is 226 Å². The number of ether oxygens (including phenoxy) is 1. The molecule has 0 radical (unpaired) electrons. The van der Waals surface area contributed by atoms with E-state index in [1.807, 2.05) is 24.3 Å². The number of fused-ring (bicyclic) bond motifs is 1. The van der Waals surface area contributed by atoms with Crippen LogP contribution in [0.5, 0.6) is 0 Å². The van der Waals surface area contributed by atoms with Crippen molar-refractivity contribution in [1.29, 1.82) is 0 Å². The minimum absolute atomic E-state index is 0.116. The number of carbonyl (C=O) groups excluding carboxylic acids is 3. The number of Topliss-reactive ketones (excluding diaryl/α,β-unsaturated/α-hetero) is 1. The molecule has 5 nitrogen and oxygen atoms in total. The molecule has 6 heteroatoms. The molecule has 38 heavy (non-hydrogen) atoms. The molecule has 3 rings (SSSR count). The van der Waals surface area contributed by atoms with E-state index in [-0.39, 0.29) is 23.7 Å². The molecule has 2 aromatic carbocycles. The average molecular weight is 516 g/mol. The predicted molar refractivity (Wildman–Crippen MR) is 145 cm³/mol. The molecule has 1 atom stereocenters. The Balaban J connectivity index is 1.60. The maximum atomic E-state index is 13.0. The number of hydrogen-bond donors (Lipinski definition) is 0. The highest BCUT2D eigenvalue weighted by atomic mass is 35.5. The molecule has 0 saturated carbocycles. The van der Waals surface area contributed by atoms with Gasteiger partial charge in [0.2, 0.25) is 5.91 Å². The third kappa shape index (κ3) is 7.35. The molecule has 2 aromatic rings. The number of benzene rings is 2. The lowest BCUT2D eigenvalue weighted by atomic mass is 9.97. The standard InChI is InChI=1S/C32H18ClNO4/c1-3-4-5-6-7-8-9-10-11-14-21-38-32(37)26-17-18-28(33)27(22-26)23-30(35)24(2)31(36)34-20-19-25-15-12-13-16-29(25)34/h1,12-13,15-18,22,24H,19-20,23H2,2H3. The van der Waals surface area contributed by atoms with Crippen LogP contribution >= 0.6 is 11.6 Å². The Hall–Kier alpha value is -5.30. The van der Waals surface area contributed by atoms with Crippen molar-refractivity contribution in [2.45, 2.75) is 19.8 Å². The molecular formula is C32H18ClNO4. The van der Waals surface area contributed by atoms with Gasteiger partial charge in [0.1, 0.15) is 11.9 Å². The third-order valence-electron chi connectivity index (χ3n) is 5.42. The van der Waals surface area contributed by atoms with Crippen LogP contribution in [-0.4, -0.2) is 24.2 Å². The van der Waals surface area contributed by atoms with Crippen molar-refractivity contribution in [2.75, 3.05) is 11.4 Å². The van der Waals surface area contributed by atoms with E-state index in [1.54, 1.807) is 11.8 Å². The van der Waals surface area contributed by atoms with Crippen molar-refractivity contribution < 1.29 is 19.1 Å². The molecule has 1 heterocycles. The van der Waals surface area contributed by atoms with E-state index in [0.717, 1.165) is 17.7 Å². The third-order valence-corrected chi connectivity index (χ3v) is 5.79. The monoisotopic (exact) mass is 515 g/mol. The highest BCUT2D eigenvalue weighted by Crippen LogP contribution is 2.29. The maximum absolute atomic E-state index is 13.0. The van der Waals surface area contributed by atoms with Gasteiger partial charge in [-0.3, -0.25) is 9.59 Å². The minimum Gasteiger partial charge on any atom is -0.367 e. The van der Waals surface area contributed by atoms with E-state index in [4.69, 9.17) is 22.8 Å². The lowest BCUT2D eigenvalue weighted by molar-refractivity contribution is -0.131. The summed E-state index contributed by atoms with van der Waals surface area (Å²) >= 11 is 6.26. The molecule has 1 aliphatic rings. The van der Waals surface area contributed by atoms with Crippen molar-refractivity contribution in [3.05, 3.63) is 64.2 Å². The first-order valence-electron chi connectivity index (χ1n) is 11.3. The lowest BCUT2D eigenvalue weighted by Gasteiger charge is -2.21. The molecular weight excluding hydrogens is 498 g/mol. The average Bonchev–Trinajstić information content (AvgIpc) is 3.36. The molecule has 0 fully saturated rings. The quantitative estimate of drug-likeness (QED) is 0.348. The van der Waals surface area contributed by atoms with Crippen LogP contribution in [0.25, 0.3) is 0 Å². The van der Waals surface area contributed by atoms with Gasteiger partial charge in [-0.15, -0.1) is 6.42 Å². The lowest BCUT2D eigenvalue weighted by Crippen LogP contribution is -2.37. The number of nitrogens with zero attached hydrogens (tertiary/aromatic N) is 1. The minimum atomic E-state index is -0.873. The second kappa shape index (κ2) is 13.7. The van der Waals surface area contributed by atoms with Crippen LogP contribution in [0.1, 0.15) is 28.4 Å². The fourth-order valence-electron chi connectivity index (χ4n) is 3.53. The number of halogens is 1. The van der Waals surface area contributed by atoms with E-state index in [9.17, 15) is 14.4 Å². The molecule has 1 unspecified atom stereocenters. The molecule has 182 valence electrons. The summed E-state index contributed by atoms with van der Waals surface area (Å²) in [6.45, 7) is 2.12.